The maximum absolute atomic E-state index is 11.9. The molecule has 6 nitrogen and oxygen atoms in total. The van der Waals surface area contributed by atoms with Gasteiger partial charge in [0.15, 0.2) is 0 Å². The molecule has 0 heterocycles. The molecule has 0 saturated carbocycles. The number of nitrogens with zero attached hydrogens (tertiary/aromatic N) is 1. The van der Waals surface area contributed by atoms with E-state index in [1.54, 1.807) is 0 Å². The average molecular weight is 350 g/mol. The molecule has 1 amide bonds. The van der Waals surface area contributed by atoms with E-state index in [1.807, 2.05) is 0 Å². The quantitative estimate of drug-likeness (QED) is 0.308. The van der Waals surface area contributed by atoms with Gasteiger partial charge in [0.2, 0.25) is 0 Å². The Morgan fingerprint density at radius 1 is 1.08 bits per heavy atom. The smallest absolute Gasteiger partial charge is 0.410 e. The summed E-state index contributed by atoms with van der Waals surface area (Å²) in [4.78, 5) is 22.0. The van der Waals surface area contributed by atoms with Crippen LogP contribution >= 0.6 is 0 Å². The Kier molecular flexibility index (Phi) is 10.3. The van der Waals surface area contributed by atoms with E-state index >= 15 is 0 Å². The van der Waals surface area contributed by atoms with Crippen LogP contribution in [0.15, 0.2) is 24.3 Å². The summed E-state index contributed by atoms with van der Waals surface area (Å²) in [7, 11) is 0. The van der Waals surface area contributed by atoms with Crippen molar-refractivity contribution in [1.29, 1.82) is 0 Å². The standard InChI is InChI=1S/C19H30N2O4/c1-3-5-7-8-10-16(9-6-4-2)15-20-19(22)25-18-13-11-17(12-14-18)21(23)24/h11-14,16H,3-10,15H2,1-2H3,(H,20,22). The number of rotatable bonds is 12. The van der Waals surface area contributed by atoms with Crippen LogP contribution < -0.4 is 10.1 Å². The molecule has 1 aromatic rings. The first-order valence-corrected chi connectivity index (χ1v) is 9.27. The lowest BCUT2D eigenvalue weighted by Crippen LogP contribution is -2.31. The van der Waals surface area contributed by atoms with Gasteiger partial charge < -0.3 is 10.1 Å². The zero-order chi connectivity index (χ0) is 18.5. The largest absolute Gasteiger partial charge is 0.412 e. The number of unbranched alkanes of at least 4 members (excludes halogenated alkanes) is 4. The third kappa shape index (κ3) is 9.08. The molecule has 0 aliphatic heterocycles. The first-order valence-electron chi connectivity index (χ1n) is 9.27. The highest BCUT2D eigenvalue weighted by Gasteiger charge is 2.12. The molecule has 0 fully saturated rings. The van der Waals surface area contributed by atoms with E-state index in [0.717, 1.165) is 25.7 Å². The third-order valence-electron chi connectivity index (χ3n) is 4.23. The molecule has 0 aliphatic carbocycles. The number of hydrogen-bond acceptors (Lipinski definition) is 4. The number of ether oxygens (including phenoxy) is 1. The van der Waals surface area contributed by atoms with E-state index in [9.17, 15) is 14.9 Å². The predicted octanol–water partition coefficient (Wildman–Crippen LogP) is 5.46. The molecular weight excluding hydrogens is 320 g/mol. The van der Waals surface area contributed by atoms with Gasteiger partial charge in [-0.05, 0) is 30.9 Å². The molecule has 25 heavy (non-hydrogen) atoms. The minimum Gasteiger partial charge on any atom is -0.410 e. The second-order valence-electron chi connectivity index (χ2n) is 6.38. The lowest BCUT2D eigenvalue weighted by Gasteiger charge is -2.17. The number of amides is 1. The highest BCUT2D eigenvalue weighted by molar-refractivity contribution is 5.70. The maximum Gasteiger partial charge on any atom is 0.412 e. The van der Waals surface area contributed by atoms with Crippen LogP contribution in [0.2, 0.25) is 0 Å². The van der Waals surface area contributed by atoms with Crippen molar-refractivity contribution < 1.29 is 14.5 Å². The fourth-order valence-corrected chi connectivity index (χ4v) is 2.71. The summed E-state index contributed by atoms with van der Waals surface area (Å²) in [6.45, 7) is 4.98. The fraction of sp³-hybridized carbons (Fsp3) is 0.632. The van der Waals surface area contributed by atoms with Crippen LogP contribution in [0.3, 0.4) is 0 Å². The van der Waals surface area contributed by atoms with Crippen molar-refractivity contribution in [3.05, 3.63) is 34.4 Å². The summed E-state index contributed by atoms with van der Waals surface area (Å²) in [5.74, 6) is 0.775. The van der Waals surface area contributed by atoms with Crippen molar-refractivity contribution in [3.63, 3.8) is 0 Å². The van der Waals surface area contributed by atoms with Crippen LogP contribution in [0.1, 0.15) is 65.2 Å². The number of hydrogen-bond donors (Lipinski definition) is 1. The average Bonchev–Trinajstić information content (AvgIpc) is 2.60. The van der Waals surface area contributed by atoms with Gasteiger partial charge in [-0.2, -0.15) is 0 Å². The molecule has 1 rings (SSSR count). The third-order valence-corrected chi connectivity index (χ3v) is 4.23. The summed E-state index contributed by atoms with van der Waals surface area (Å²) in [5, 5.41) is 13.4. The number of nitro groups is 1. The van der Waals surface area contributed by atoms with E-state index in [2.05, 4.69) is 19.2 Å². The topological polar surface area (TPSA) is 81.5 Å². The molecule has 1 aromatic carbocycles. The van der Waals surface area contributed by atoms with Crippen LogP contribution in [0.4, 0.5) is 10.5 Å². The molecular formula is C19H30N2O4. The van der Waals surface area contributed by atoms with Crippen molar-refractivity contribution in [2.75, 3.05) is 6.54 Å². The SMILES string of the molecule is CCCCCCC(CCCC)CNC(=O)Oc1ccc([N+](=O)[O-])cc1. The van der Waals surface area contributed by atoms with E-state index in [1.165, 1.54) is 49.9 Å². The van der Waals surface area contributed by atoms with Crippen molar-refractivity contribution in [2.24, 2.45) is 5.92 Å². The fourth-order valence-electron chi connectivity index (χ4n) is 2.71. The Bertz CT molecular complexity index is 517. The van der Waals surface area contributed by atoms with Crippen LogP contribution in [-0.2, 0) is 0 Å². The second kappa shape index (κ2) is 12.3. The van der Waals surface area contributed by atoms with Crippen LogP contribution in [-0.4, -0.2) is 17.6 Å². The minimum atomic E-state index is -0.510. The van der Waals surface area contributed by atoms with E-state index in [0.29, 0.717) is 18.2 Å². The second-order valence-corrected chi connectivity index (χ2v) is 6.38. The number of carbonyl (C=O) groups is 1. The highest BCUT2D eigenvalue weighted by atomic mass is 16.6. The van der Waals surface area contributed by atoms with Gasteiger partial charge in [-0.3, -0.25) is 10.1 Å². The van der Waals surface area contributed by atoms with Crippen molar-refractivity contribution in [1.82, 2.24) is 5.32 Å². The molecule has 0 spiro atoms. The molecule has 1 unspecified atom stereocenters. The summed E-state index contributed by atoms with van der Waals surface area (Å²) in [6.07, 6.45) is 8.96. The van der Waals surface area contributed by atoms with E-state index in [4.69, 9.17) is 4.74 Å². The molecule has 6 heteroatoms. The van der Waals surface area contributed by atoms with E-state index < -0.39 is 11.0 Å². The van der Waals surface area contributed by atoms with Gasteiger partial charge in [0, 0.05) is 18.7 Å². The lowest BCUT2D eigenvalue weighted by atomic mass is 9.95. The predicted molar refractivity (Wildman–Crippen MR) is 98.9 cm³/mol. The Morgan fingerprint density at radius 2 is 1.72 bits per heavy atom. The molecule has 140 valence electrons. The summed E-state index contributed by atoms with van der Waals surface area (Å²) in [5.41, 5.74) is -0.0283. The minimum absolute atomic E-state index is 0.0283. The van der Waals surface area contributed by atoms with Gasteiger partial charge in [-0.25, -0.2) is 4.79 Å². The summed E-state index contributed by atoms with van der Waals surface area (Å²) < 4.78 is 5.17. The Morgan fingerprint density at radius 3 is 2.32 bits per heavy atom. The van der Waals surface area contributed by atoms with Gasteiger partial charge in [0.25, 0.3) is 5.69 Å². The lowest BCUT2D eigenvalue weighted by molar-refractivity contribution is -0.384. The zero-order valence-corrected chi connectivity index (χ0v) is 15.3. The van der Waals surface area contributed by atoms with Gasteiger partial charge in [0.1, 0.15) is 5.75 Å². The van der Waals surface area contributed by atoms with Crippen LogP contribution in [0.25, 0.3) is 0 Å². The monoisotopic (exact) mass is 350 g/mol. The molecule has 0 aliphatic rings. The van der Waals surface area contributed by atoms with Crippen molar-refractivity contribution in [3.8, 4) is 5.75 Å². The Hall–Kier alpha value is -2.11. The number of non-ortho nitro benzene ring substituents is 1. The van der Waals surface area contributed by atoms with Gasteiger partial charge in [-0.15, -0.1) is 0 Å². The number of nitrogens with one attached hydrogen (secondary N) is 1. The van der Waals surface area contributed by atoms with Crippen molar-refractivity contribution >= 4 is 11.8 Å². The summed E-state index contributed by atoms with van der Waals surface area (Å²) >= 11 is 0. The van der Waals surface area contributed by atoms with Crippen LogP contribution in [0.5, 0.6) is 5.75 Å². The first kappa shape index (κ1) is 20.9. The Balaban J connectivity index is 2.39. The molecule has 1 N–H and O–H groups in total. The number of carbonyl (C=O) groups excluding carboxylic acids is 1. The van der Waals surface area contributed by atoms with Gasteiger partial charge >= 0.3 is 6.09 Å². The van der Waals surface area contributed by atoms with Crippen molar-refractivity contribution in [2.45, 2.75) is 65.2 Å². The van der Waals surface area contributed by atoms with Gasteiger partial charge in [0.05, 0.1) is 4.92 Å². The van der Waals surface area contributed by atoms with E-state index in [-0.39, 0.29) is 5.69 Å². The number of benzene rings is 1. The zero-order valence-electron chi connectivity index (χ0n) is 15.3. The normalized spacial score (nSPS) is 11.8. The summed E-state index contributed by atoms with van der Waals surface area (Å²) in [6, 6.07) is 5.49. The molecule has 0 radical (unpaired) electrons. The number of nitro benzene ring substituents is 1. The van der Waals surface area contributed by atoms with Gasteiger partial charge in [-0.1, -0.05) is 52.4 Å². The first-order chi connectivity index (χ1) is 12.1. The highest BCUT2D eigenvalue weighted by Crippen LogP contribution is 2.18. The van der Waals surface area contributed by atoms with Crippen LogP contribution in [0, 0.1) is 16.0 Å². The molecule has 0 saturated heterocycles. The molecule has 1 atom stereocenters. The Labute approximate surface area is 150 Å². The molecule has 0 bridgehead atoms. The maximum atomic E-state index is 11.9. The molecule has 0 aromatic heterocycles.